The van der Waals surface area contributed by atoms with Crippen molar-refractivity contribution in [2.45, 2.75) is 0 Å². The number of rotatable bonds is 3. The van der Waals surface area contributed by atoms with Crippen LogP contribution in [0, 0.1) is 11.6 Å². The molecule has 0 saturated carbocycles. The highest BCUT2D eigenvalue weighted by Gasteiger charge is 2.12. The molecule has 0 unspecified atom stereocenters. The molecule has 0 spiro atoms. The number of halogens is 2. The molecule has 92 valence electrons. The summed E-state index contributed by atoms with van der Waals surface area (Å²) in [6.45, 7) is 0. The summed E-state index contributed by atoms with van der Waals surface area (Å²) in [4.78, 5) is 10.9. The zero-order chi connectivity index (χ0) is 13.1. The van der Waals surface area contributed by atoms with Crippen molar-refractivity contribution < 1.29 is 18.3 Å². The maximum Gasteiger partial charge on any atom is 0.153 e. The Kier molecular flexibility index (Phi) is 3.37. The molecule has 2 nitrogen and oxygen atoms in total. The van der Waals surface area contributed by atoms with Crippen LogP contribution in [-0.2, 0) is 0 Å². The molecule has 2 aromatic rings. The van der Waals surface area contributed by atoms with Crippen LogP contribution in [0.4, 0.5) is 8.78 Å². The molecule has 0 fully saturated rings. The molecule has 0 amide bonds. The van der Waals surface area contributed by atoms with E-state index in [1.165, 1.54) is 31.4 Å². The summed E-state index contributed by atoms with van der Waals surface area (Å²) in [6.07, 6.45) is 0.571. The van der Waals surface area contributed by atoms with E-state index in [0.29, 0.717) is 11.8 Å². The molecule has 18 heavy (non-hydrogen) atoms. The lowest BCUT2D eigenvalue weighted by Crippen LogP contribution is -1.95. The van der Waals surface area contributed by atoms with Gasteiger partial charge in [0, 0.05) is 11.6 Å². The molecule has 0 radical (unpaired) electrons. The predicted octanol–water partition coefficient (Wildman–Crippen LogP) is 3.45. The van der Waals surface area contributed by atoms with Gasteiger partial charge in [0.15, 0.2) is 6.29 Å². The van der Waals surface area contributed by atoms with Gasteiger partial charge in [0.2, 0.25) is 0 Å². The first-order valence-electron chi connectivity index (χ1n) is 5.24. The fraction of sp³-hybridized carbons (Fsp3) is 0.0714. The minimum atomic E-state index is -0.567. The third-order valence-electron chi connectivity index (χ3n) is 2.58. The third kappa shape index (κ3) is 2.22. The minimum Gasteiger partial charge on any atom is -0.496 e. The average Bonchev–Trinajstić information content (AvgIpc) is 2.38. The number of methoxy groups -OCH3 is 1. The van der Waals surface area contributed by atoms with E-state index in [1.807, 2.05) is 0 Å². The summed E-state index contributed by atoms with van der Waals surface area (Å²) in [5.74, 6) is -0.874. The molecular weight excluding hydrogens is 238 g/mol. The van der Waals surface area contributed by atoms with Crippen molar-refractivity contribution in [2.24, 2.45) is 0 Å². The van der Waals surface area contributed by atoms with Crippen LogP contribution in [0.25, 0.3) is 11.1 Å². The van der Waals surface area contributed by atoms with E-state index < -0.39 is 11.6 Å². The Bertz CT molecular complexity index is 594. The van der Waals surface area contributed by atoms with E-state index in [1.54, 1.807) is 6.07 Å². The van der Waals surface area contributed by atoms with Crippen LogP contribution in [0.5, 0.6) is 5.75 Å². The highest BCUT2D eigenvalue weighted by molar-refractivity contribution is 5.83. The number of aldehydes is 1. The summed E-state index contributed by atoms with van der Waals surface area (Å²) < 4.78 is 31.8. The van der Waals surface area contributed by atoms with Crippen LogP contribution in [0.1, 0.15) is 10.4 Å². The fourth-order valence-electron chi connectivity index (χ4n) is 1.72. The maximum absolute atomic E-state index is 13.9. The molecular formula is C14H10F2O2. The van der Waals surface area contributed by atoms with Gasteiger partial charge in [-0.2, -0.15) is 0 Å². The zero-order valence-electron chi connectivity index (χ0n) is 9.61. The van der Waals surface area contributed by atoms with Gasteiger partial charge in [-0.25, -0.2) is 8.78 Å². The highest BCUT2D eigenvalue weighted by Crippen LogP contribution is 2.29. The summed E-state index contributed by atoms with van der Waals surface area (Å²) in [7, 11) is 1.35. The Morgan fingerprint density at radius 1 is 1.17 bits per heavy atom. The summed E-state index contributed by atoms with van der Waals surface area (Å²) in [6, 6.07) is 7.99. The van der Waals surface area contributed by atoms with Gasteiger partial charge in [0.05, 0.1) is 12.7 Å². The molecule has 2 aromatic carbocycles. The molecule has 0 aliphatic carbocycles. The number of carbonyl (C=O) groups excluding carboxylic acids is 1. The van der Waals surface area contributed by atoms with E-state index in [-0.39, 0.29) is 16.9 Å². The Morgan fingerprint density at radius 3 is 2.56 bits per heavy atom. The van der Waals surface area contributed by atoms with Crippen molar-refractivity contribution in [1.29, 1.82) is 0 Å². The lowest BCUT2D eigenvalue weighted by atomic mass is 10.0. The standard InChI is InChI=1S/C14H10F2O2/c1-18-14-7-13(16)12(6-10(14)8-17)9-3-2-4-11(15)5-9/h2-8H,1H3. The normalized spacial score (nSPS) is 10.2. The lowest BCUT2D eigenvalue weighted by Gasteiger charge is -2.08. The van der Waals surface area contributed by atoms with Gasteiger partial charge in [-0.05, 0) is 23.8 Å². The van der Waals surface area contributed by atoms with Gasteiger partial charge >= 0.3 is 0 Å². The SMILES string of the molecule is COc1cc(F)c(-c2cccc(F)c2)cc1C=O. The molecule has 4 heteroatoms. The van der Waals surface area contributed by atoms with Crippen LogP contribution in [0.15, 0.2) is 36.4 Å². The first kappa shape index (κ1) is 12.2. The third-order valence-corrected chi connectivity index (χ3v) is 2.58. The second-order valence-electron chi connectivity index (χ2n) is 3.70. The molecule has 0 aromatic heterocycles. The van der Waals surface area contributed by atoms with E-state index in [0.717, 1.165) is 6.07 Å². The summed E-state index contributed by atoms with van der Waals surface area (Å²) in [5, 5.41) is 0. The maximum atomic E-state index is 13.9. The fourth-order valence-corrected chi connectivity index (χ4v) is 1.72. The van der Waals surface area contributed by atoms with E-state index in [2.05, 4.69) is 0 Å². The molecule has 0 aliphatic rings. The van der Waals surface area contributed by atoms with Crippen molar-refractivity contribution in [1.82, 2.24) is 0 Å². The molecule has 0 atom stereocenters. The van der Waals surface area contributed by atoms with Crippen molar-refractivity contribution >= 4 is 6.29 Å². The Hall–Kier alpha value is -2.23. The summed E-state index contributed by atoms with van der Waals surface area (Å²) in [5.41, 5.74) is 0.758. The van der Waals surface area contributed by atoms with Crippen molar-refractivity contribution in [3.8, 4) is 16.9 Å². The number of carbonyl (C=O) groups is 1. The van der Waals surface area contributed by atoms with Crippen molar-refractivity contribution in [2.75, 3.05) is 7.11 Å². The second kappa shape index (κ2) is 4.96. The van der Waals surface area contributed by atoms with Crippen LogP contribution in [0.2, 0.25) is 0 Å². The summed E-state index contributed by atoms with van der Waals surface area (Å²) >= 11 is 0. The quantitative estimate of drug-likeness (QED) is 0.777. The molecule has 0 bridgehead atoms. The Balaban J connectivity index is 2.61. The number of benzene rings is 2. The van der Waals surface area contributed by atoms with E-state index in [9.17, 15) is 13.6 Å². The van der Waals surface area contributed by atoms with Crippen molar-refractivity contribution in [3.05, 3.63) is 53.6 Å². The second-order valence-corrected chi connectivity index (χ2v) is 3.70. The van der Waals surface area contributed by atoms with Crippen LogP contribution >= 0.6 is 0 Å². The largest absolute Gasteiger partial charge is 0.496 e. The molecule has 0 N–H and O–H groups in total. The minimum absolute atomic E-state index is 0.155. The van der Waals surface area contributed by atoms with E-state index >= 15 is 0 Å². The van der Waals surface area contributed by atoms with E-state index in [4.69, 9.17) is 4.74 Å². The first-order valence-corrected chi connectivity index (χ1v) is 5.24. The van der Waals surface area contributed by atoms with Crippen LogP contribution < -0.4 is 4.74 Å². The number of ether oxygens (including phenoxy) is 1. The van der Waals surface area contributed by atoms with Gasteiger partial charge < -0.3 is 4.74 Å². The van der Waals surface area contributed by atoms with Gasteiger partial charge in [0.25, 0.3) is 0 Å². The van der Waals surface area contributed by atoms with Crippen LogP contribution in [-0.4, -0.2) is 13.4 Å². The van der Waals surface area contributed by atoms with Crippen LogP contribution in [0.3, 0.4) is 0 Å². The predicted molar refractivity (Wildman–Crippen MR) is 63.7 cm³/mol. The highest BCUT2D eigenvalue weighted by atomic mass is 19.1. The van der Waals surface area contributed by atoms with Crippen molar-refractivity contribution in [3.63, 3.8) is 0 Å². The topological polar surface area (TPSA) is 26.3 Å². The molecule has 0 heterocycles. The molecule has 2 rings (SSSR count). The van der Waals surface area contributed by atoms with Gasteiger partial charge in [-0.3, -0.25) is 4.79 Å². The average molecular weight is 248 g/mol. The molecule has 0 saturated heterocycles. The molecule has 0 aliphatic heterocycles. The first-order chi connectivity index (χ1) is 8.65. The zero-order valence-corrected chi connectivity index (χ0v) is 9.61. The monoisotopic (exact) mass is 248 g/mol. The van der Waals surface area contributed by atoms with Gasteiger partial charge in [-0.1, -0.05) is 12.1 Å². The lowest BCUT2D eigenvalue weighted by molar-refractivity contribution is 0.112. The number of hydrogen-bond donors (Lipinski definition) is 0. The number of hydrogen-bond acceptors (Lipinski definition) is 2. The van der Waals surface area contributed by atoms with Gasteiger partial charge in [0.1, 0.15) is 17.4 Å². The Morgan fingerprint density at radius 2 is 1.94 bits per heavy atom. The smallest absolute Gasteiger partial charge is 0.153 e. The Labute approximate surface area is 103 Å². The van der Waals surface area contributed by atoms with Gasteiger partial charge in [-0.15, -0.1) is 0 Å².